The van der Waals surface area contributed by atoms with E-state index in [1.54, 1.807) is 0 Å². The largest absolute Gasteiger partial charge is 0.746 e. The van der Waals surface area contributed by atoms with Gasteiger partial charge in [0.25, 0.3) is 0 Å². The second kappa shape index (κ2) is 14.3. The molecule has 0 spiro atoms. The average molecular weight is 581 g/mol. The summed E-state index contributed by atoms with van der Waals surface area (Å²) >= 11 is 0. The van der Waals surface area contributed by atoms with Crippen molar-refractivity contribution in [3.8, 4) is 0 Å². The fourth-order valence-electron chi connectivity index (χ4n) is 5.59. The second-order valence-electron chi connectivity index (χ2n) is 11.5. The highest BCUT2D eigenvalue weighted by molar-refractivity contribution is 7.86. The Bertz CT molecular complexity index is 1110. The molecule has 1 unspecified atom stereocenters. The maximum Gasteiger partial charge on any atom is 0.408 e. The molecule has 1 heterocycles. The molecule has 4 N–H and O–H groups in total. The van der Waals surface area contributed by atoms with Gasteiger partial charge >= 0.3 is 6.09 Å². The van der Waals surface area contributed by atoms with Crippen LogP contribution in [-0.4, -0.2) is 65.7 Å². The van der Waals surface area contributed by atoms with Crippen molar-refractivity contribution in [2.24, 2.45) is 11.8 Å². The Morgan fingerprint density at radius 1 is 1.15 bits per heavy atom. The number of aliphatic hydroxyl groups excluding tert-OH is 1. The molecule has 1 aromatic rings. The molecule has 12 heteroatoms. The van der Waals surface area contributed by atoms with Crippen LogP contribution in [-0.2, 0) is 30.9 Å². The first kappa shape index (κ1) is 31.8. The van der Waals surface area contributed by atoms with Crippen LogP contribution in [0.3, 0.4) is 0 Å². The van der Waals surface area contributed by atoms with Gasteiger partial charge in [0.1, 0.15) is 21.8 Å². The molecule has 2 fully saturated rings. The summed E-state index contributed by atoms with van der Waals surface area (Å²) in [4.78, 5) is 38.5. The number of aryl methyl sites for hydroxylation is 1. The number of carbonyl (C=O) groups is 3. The van der Waals surface area contributed by atoms with Crippen molar-refractivity contribution in [3.63, 3.8) is 0 Å². The van der Waals surface area contributed by atoms with Gasteiger partial charge in [-0.05, 0) is 69.3 Å². The van der Waals surface area contributed by atoms with Crippen molar-refractivity contribution in [2.75, 3.05) is 6.54 Å². The van der Waals surface area contributed by atoms with Gasteiger partial charge in [-0.25, -0.2) is 13.2 Å². The summed E-state index contributed by atoms with van der Waals surface area (Å²) in [7, 11) is -5.19. The van der Waals surface area contributed by atoms with Gasteiger partial charge in [0.05, 0.1) is 6.04 Å². The fourth-order valence-corrected chi connectivity index (χ4v) is 6.18. The maximum atomic E-state index is 13.3. The summed E-state index contributed by atoms with van der Waals surface area (Å²) in [5.74, 6) is -1.81. The van der Waals surface area contributed by atoms with E-state index in [0.717, 1.165) is 31.2 Å². The fraction of sp³-hybridized carbons (Fsp3) is 0.679. The number of hydrogen-bond acceptors (Lipinski definition) is 8. The minimum Gasteiger partial charge on any atom is -0.746 e. The van der Waals surface area contributed by atoms with E-state index in [9.17, 15) is 32.5 Å². The number of aliphatic hydroxyl groups is 1. The molecule has 11 nitrogen and oxygen atoms in total. The molecule has 0 bridgehead atoms. The van der Waals surface area contributed by atoms with E-state index in [2.05, 4.69) is 16.0 Å². The topological polar surface area (TPSA) is 174 Å². The molecule has 0 radical (unpaired) electrons. The van der Waals surface area contributed by atoms with Gasteiger partial charge in [0.15, 0.2) is 5.44 Å². The molecule has 1 aliphatic carbocycles. The molecule has 40 heavy (non-hydrogen) atoms. The minimum atomic E-state index is -5.19. The zero-order chi connectivity index (χ0) is 29.3. The van der Waals surface area contributed by atoms with Crippen molar-refractivity contribution >= 4 is 28.0 Å². The highest BCUT2D eigenvalue weighted by Gasteiger charge is 2.38. The van der Waals surface area contributed by atoms with Gasteiger partial charge in [-0.3, -0.25) is 9.59 Å². The summed E-state index contributed by atoms with van der Waals surface area (Å²) in [5.41, 5.74) is -1.97. The Hall–Kier alpha value is -2.70. The van der Waals surface area contributed by atoms with Crippen molar-refractivity contribution < 1.29 is 37.2 Å². The number of benzene rings is 1. The van der Waals surface area contributed by atoms with Crippen LogP contribution in [0.2, 0.25) is 0 Å². The van der Waals surface area contributed by atoms with E-state index in [1.807, 2.05) is 44.2 Å². The third-order valence-corrected chi connectivity index (χ3v) is 8.69. The first-order chi connectivity index (χ1) is 18.9. The van der Waals surface area contributed by atoms with E-state index in [4.69, 9.17) is 4.74 Å². The second-order valence-corrected chi connectivity index (χ2v) is 12.9. The minimum absolute atomic E-state index is 0.0370. The predicted molar refractivity (Wildman–Crippen MR) is 147 cm³/mol. The van der Waals surface area contributed by atoms with E-state index in [1.165, 1.54) is 0 Å². The number of amides is 3. The molecular weight excluding hydrogens is 538 g/mol. The van der Waals surface area contributed by atoms with Crippen molar-refractivity contribution in [1.29, 1.82) is 0 Å². The normalized spacial score (nSPS) is 21.2. The first-order valence-electron chi connectivity index (χ1n) is 14.1. The Kier molecular flexibility index (Phi) is 11.4. The highest BCUT2D eigenvalue weighted by Crippen LogP contribution is 2.36. The Morgan fingerprint density at radius 3 is 2.40 bits per heavy atom. The molecule has 1 aromatic carbocycles. The van der Waals surface area contributed by atoms with Crippen LogP contribution >= 0.6 is 0 Å². The summed E-state index contributed by atoms with van der Waals surface area (Å²) in [5, 5.41) is 17.9. The van der Waals surface area contributed by atoms with Gasteiger partial charge in [0.2, 0.25) is 11.8 Å². The lowest BCUT2D eigenvalue weighted by Crippen LogP contribution is -2.55. The summed E-state index contributed by atoms with van der Waals surface area (Å²) in [6, 6.07) is 7.31. The summed E-state index contributed by atoms with van der Waals surface area (Å²) < 4.78 is 40.8. The first-order valence-corrected chi connectivity index (χ1v) is 15.6. The number of rotatable bonds is 13. The SMILES string of the molecule is CC(C)C[C@H](NC(=O)OC1(CCc2ccccc2)CCCCC1)C(=O)N[C@@H](C[C@@H]1CCNC1=O)C(O)S(=O)(=O)[O-]. The molecular formula is C28H42N3O8S-. The summed E-state index contributed by atoms with van der Waals surface area (Å²) in [6.07, 6.45) is 5.32. The van der Waals surface area contributed by atoms with E-state index < -0.39 is 51.2 Å². The molecule has 4 atom stereocenters. The average Bonchev–Trinajstić information content (AvgIpc) is 3.30. The zero-order valence-electron chi connectivity index (χ0n) is 23.3. The van der Waals surface area contributed by atoms with Gasteiger partial charge in [-0.2, -0.15) is 0 Å². The lowest BCUT2D eigenvalue weighted by atomic mass is 9.80. The van der Waals surface area contributed by atoms with Crippen LogP contribution in [0.15, 0.2) is 30.3 Å². The van der Waals surface area contributed by atoms with Crippen LogP contribution in [0.1, 0.15) is 77.2 Å². The number of ether oxygens (including phenoxy) is 1. The number of hydrogen-bond donors (Lipinski definition) is 4. The molecule has 0 aromatic heterocycles. The third-order valence-electron chi connectivity index (χ3n) is 7.77. The van der Waals surface area contributed by atoms with Crippen LogP contribution in [0.4, 0.5) is 4.79 Å². The van der Waals surface area contributed by atoms with Crippen LogP contribution in [0.5, 0.6) is 0 Å². The standard InChI is InChI=1S/C28H43N3O8S/c1-19(2)17-22(25(33)30-23(26(34)40(36,37)38)18-21-12-16-29-24(21)32)31-27(35)39-28(13-7-4-8-14-28)15-11-20-9-5-3-6-10-20/h3,5-6,9-10,19,21-23,26,34H,4,7-8,11-18H2,1-2H3,(H,29,32)(H,30,33)(H,31,35)(H,36,37,38)/p-1/t21-,22-,23-,26?/m0/s1. The van der Waals surface area contributed by atoms with Crippen LogP contribution in [0.25, 0.3) is 0 Å². The molecule has 224 valence electrons. The van der Waals surface area contributed by atoms with Crippen molar-refractivity contribution in [1.82, 2.24) is 16.0 Å². The van der Waals surface area contributed by atoms with Gasteiger partial charge in [-0.1, -0.05) is 50.6 Å². The van der Waals surface area contributed by atoms with Gasteiger partial charge in [0, 0.05) is 12.5 Å². The number of carbonyl (C=O) groups excluding carboxylic acids is 3. The molecule has 3 amide bonds. The molecule has 1 saturated carbocycles. The lowest BCUT2D eigenvalue weighted by Gasteiger charge is -2.37. The lowest BCUT2D eigenvalue weighted by molar-refractivity contribution is -0.126. The quantitative estimate of drug-likeness (QED) is 0.257. The van der Waals surface area contributed by atoms with Crippen LogP contribution < -0.4 is 16.0 Å². The van der Waals surface area contributed by atoms with Gasteiger partial charge < -0.3 is 30.3 Å². The van der Waals surface area contributed by atoms with Crippen molar-refractivity contribution in [2.45, 2.75) is 101 Å². The summed E-state index contributed by atoms with van der Waals surface area (Å²) in [6.45, 7) is 4.08. The van der Waals surface area contributed by atoms with E-state index in [0.29, 0.717) is 32.2 Å². The molecule has 1 aliphatic heterocycles. The Morgan fingerprint density at radius 2 is 1.82 bits per heavy atom. The Balaban J connectivity index is 1.71. The molecule has 1 saturated heterocycles. The Labute approximate surface area is 236 Å². The monoisotopic (exact) mass is 580 g/mol. The maximum absolute atomic E-state index is 13.3. The molecule has 3 rings (SSSR count). The zero-order valence-corrected chi connectivity index (χ0v) is 24.1. The van der Waals surface area contributed by atoms with Gasteiger partial charge in [-0.15, -0.1) is 0 Å². The van der Waals surface area contributed by atoms with E-state index in [-0.39, 0.29) is 24.7 Å². The molecule has 2 aliphatic rings. The third kappa shape index (κ3) is 9.45. The predicted octanol–water partition coefficient (Wildman–Crippen LogP) is 2.34. The number of nitrogens with one attached hydrogen (secondary N) is 3. The van der Waals surface area contributed by atoms with Crippen molar-refractivity contribution in [3.05, 3.63) is 35.9 Å². The smallest absolute Gasteiger partial charge is 0.408 e. The highest BCUT2D eigenvalue weighted by atomic mass is 32.2. The number of alkyl carbamates (subject to hydrolysis) is 1. The van der Waals surface area contributed by atoms with E-state index >= 15 is 0 Å². The van der Waals surface area contributed by atoms with Crippen LogP contribution in [0, 0.1) is 11.8 Å².